The molecule has 0 saturated carbocycles. The Morgan fingerprint density at radius 3 is 2.79 bits per heavy atom. The number of carbonyl (C=O) groups is 1. The Morgan fingerprint density at radius 1 is 1.25 bits per heavy atom. The van der Waals surface area contributed by atoms with Crippen molar-refractivity contribution < 1.29 is 23.5 Å². The number of benzene rings is 2. The maximum Gasteiger partial charge on any atom is 0.231 e. The van der Waals surface area contributed by atoms with E-state index in [0.717, 1.165) is 45.6 Å². The molecule has 0 radical (unpaired) electrons. The first-order valence-electron chi connectivity index (χ1n) is 9.79. The topological polar surface area (TPSA) is 44.8 Å². The molecule has 5 heteroatoms. The lowest BCUT2D eigenvalue weighted by atomic mass is 9.86. The van der Waals surface area contributed by atoms with Gasteiger partial charge in [-0.25, -0.2) is 0 Å². The van der Waals surface area contributed by atoms with Crippen LogP contribution in [0.15, 0.2) is 30.3 Å². The largest absolute Gasteiger partial charge is 0.492 e. The molecule has 5 nitrogen and oxygen atoms in total. The Balaban J connectivity index is 1.69. The van der Waals surface area contributed by atoms with E-state index in [1.165, 1.54) is 5.56 Å². The van der Waals surface area contributed by atoms with Crippen molar-refractivity contribution in [1.29, 1.82) is 0 Å². The molecule has 0 aliphatic carbocycles. The number of methoxy groups -OCH3 is 1. The lowest BCUT2D eigenvalue weighted by molar-refractivity contribution is -0.922. The van der Waals surface area contributed by atoms with Gasteiger partial charge < -0.3 is 18.7 Å². The number of ether oxygens (including phenoxy) is 3. The van der Waals surface area contributed by atoms with Crippen molar-refractivity contribution in [1.82, 2.24) is 0 Å². The average molecular weight is 382 g/mol. The number of nitrogens with zero attached hydrogens (tertiary/aromatic N) is 1. The van der Waals surface area contributed by atoms with Crippen LogP contribution < -0.4 is 14.2 Å². The Labute approximate surface area is 166 Å². The predicted molar refractivity (Wildman–Crippen MR) is 107 cm³/mol. The molecule has 0 amide bonds. The number of carbonyl (C=O) groups excluding carboxylic acids is 1. The number of quaternary nitrogens is 1. The van der Waals surface area contributed by atoms with Crippen LogP contribution in [-0.2, 0) is 17.6 Å². The second-order valence-electron chi connectivity index (χ2n) is 8.33. The predicted octanol–water partition coefficient (Wildman–Crippen LogP) is 3.61. The molecule has 0 aromatic heterocycles. The molecule has 2 heterocycles. The molecular weight excluding hydrogens is 354 g/mol. The molecule has 0 bridgehead atoms. The van der Waals surface area contributed by atoms with Crippen LogP contribution in [0.25, 0.3) is 0 Å². The number of hydrogen-bond acceptors (Lipinski definition) is 4. The Kier molecular flexibility index (Phi) is 4.79. The van der Waals surface area contributed by atoms with Gasteiger partial charge >= 0.3 is 0 Å². The zero-order chi connectivity index (χ0) is 19.9. The summed E-state index contributed by atoms with van der Waals surface area (Å²) in [6.45, 7) is 3.24. The summed E-state index contributed by atoms with van der Waals surface area (Å²) in [7, 11) is 6.05. The lowest BCUT2D eigenvalue weighted by Crippen LogP contribution is -2.48. The molecule has 0 spiro atoms. The minimum absolute atomic E-state index is 0.0321. The number of hydrogen-bond donors (Lipinski definition) is 0. The number of fused-ring (bicyclic) bond motifs is 2. The highest BCUT2D eigenvalue weighted by atomic mass is 16.7. The highest BCUT2D eigenvalue weighted by Gasteiger charge is 2.42. The molecule has 1 atom stereocenters. The summed E-state index contributed by atoms with van der Waals surface area (Å²) in [4.78, 5) is 13.1. The summed E-state index contributed by atoms with van der Waals surface area (Å²) in [5, 5.41) is 0. The Bertz CT molecular complexity index is 919. The van der Waals surface area contributed by atoms with Gasteiger partial charge in [-0.1, -0.05) is 24.3 Å². The third-order valence-electron chi connectivity index (χ3n) is 6.15. The minimum Gasteiger partial charge on any atom is -0.492 e. The van der Waals surface area contributed by atoms with Crippen molar-refractivity contribution in [3.8, 4) is 17.2 Å². The van der Waals surface area contributed by atoms with Crippen molar-refractivity contribution in [2.45, 2.75) is 32.2 Å². The van der Waals surface area contributed by atoms with Crippen molar-refractivity contribution >= 4 is 5.78 Å². The first-order valence-corrected chi connectivity index (χ1v) is 9.79. The molecule has 2 aliphatic rings. The van der Waals surface area contributed by atoms with Crippen LogP contribution in [0.1, 0.15) is 34.7 Å². The van der Waals surface area contributed by atoms with Gasteiger partial charge in [-0.2, -0.15) is 0 Å². The van der Waals surface area contributed by atoms with Crippen molar-refractivity contribution in [3.05, 3.63) is 52.6 Å². The van der Waals surface area contributed by atoms with Crippen LogP contribution in [-0.4, -0.2) is 44.8 Å². The SMILES string of the molecule is COc1c2c(cc3c1C(CC(=O)Cc1ccccc1C)[N+](C)(C)CC3)OCO2. The zero-order valence-electron chi connectivity index (χ0n) is 17.1. The summed E-state index contributed by atoms with van der Waals surface area (Å²) in [5.74, 6) is 2.38. The zero-order valence-corrected chi connectivity index (χ0v) is 17.1. The second kappa shape index (κ2) is 7.13. The van der Waals surface area contributed by atoms with Gasteiger partial charge in [0.15, 0.2) is 11.5 Å². The number of ketones is 1. The van der Waals surface area contributed by atoms with Gasteiger partial charge in [-0.3, -0.25) is 4.79 Å². The smallest absolute Gasteiger partial charge is 0.231 e. The molecule has 2 aromatic rings. The molecule has 2 aromatic carbocycles. The fraction of sp³-hybridized carbons (Fsp3) is 0.435. The van der Waals surface area contributed by atoms with E-state index in [2.05, 4.69) is 33.2 Å². The molecule has 0 saturated heterocycles. The highest BCUT2D eigenvalue weighted by Crippen LogP contribution is 2.51. The van der Waals surface area contributed by atoms with E-state index in [-0.39, 0.29) is 18.6 Å². The van der Waals surface area contributed by atoms with Crippen molar-refractivity contribution in [2.24, 2.45) is 0 Å². The van der Waals surface area contributed by atoms with E-state index in [1.807, 2.05) is 18.2 Å². The molecule has 148 valence electrons. The van der Waals surface area contributed by atoms with E-state index in [4.69, 9.17) is 14.2 Å². The van der Waals surface area contributed by atoms with Crippen molar-refractivity contribution in [3.63, 3.8) is 0 Å². The van der Waals surface area contributed by atoms with Gasteiger partial charge in [0.05, 0.1) is 39.7 Å². The summed E-state index contributed by atoms with van der Waals surface area (Å²) >= 11 is 0. The third-order valence-corrected chi connectivity index (χ3v) is 6.15. The maximum absolute atomic E-state index is 13.1. The molecular formula is C23H28NO4+. The van der Waals surface area contributed by atoms with Gasteiger partial charge in [-0.05, 0) is 29.7 Å². The fourth-order valence-corrected chi connectivity index (χ4v) is 4.42. The van der Waals surface area contributed by atoms with Gasteiger partial charge in [0.25, 0.3) is 0 Å². The van der Waals surface area contributed by atoms with Crippen LogP contribution in [0, 0.1) is 6.92 Å². The summed E-state index contributed by atoms with van der Waals surface area (Å²) < 4.78 is 17.8. The van der Waals surface area contributed by atoms with Crippen LogP contribution in [0.4, 0.5) is 0 Å². The molecule has 2 aliphatic heterocycles. The maximum atomic E-state index is 13.1. The number of Topliss-reactive ketones (excluding diaryl/α,β-unsaturated/α-hetero) is 1. The van der Waals surface area contributed by atoms with E-state index in [9.17, 15) is 4.79 Å². The summed E-state index contributed by atoms with van der Waals surface area (Å²) in [6, 6.07) is 10.2. The van der Waals surface area contributed by atoms with Crippen LogP contribution in [0.3, 0.4) is 0 Å². The Hall–Kier alpha value is -2.53. The van der Waals surface area contributed by atoms with E-state index >= 15 is 0 Å². The lowest BCUT2D eigenvalue weighted by Gasteiger charge is -2.43. The van der Waals surface area contributed by atoms with Gasteiger partial charge in [0.2, 0.25) is 12.5 Å². The normalized spacial score (nSPS) is 19.2. The number of likely N-dealkylation sites (N-methyl/N-ethyl adjacent to an activating group) is 1. The number of aryl methyl sites for hydroxylation is 1. The van der Waals surface area contributed by atoms with Crippen LogP contribution in [0.2, 0.25) is 0 Å². The average Bonchev–Trinajstić information content (AvgIpc) is 3.12. The van der Waals surface area contributed by atoms with Gasteiger partial charge in [0.1, 0.15) is 11.8 Å². The monoisotopic (exact) mass is 382 g/mol. The van der Waals surface area contributed by atoms with E-state index < -0.39 is 0 Å². The Morgan fingerprint density at radius 2 is 2.04 bits per heavy atom. The quantitative estimate of drug-likeness (QED) is 0.741. The van der Waals surface area contributed by atoms with Gasteiger partial charge in [0, 0.05) is 12.8 Å². The molecule has 0 N–H and O–H groups in total. The van der Waals surface area contributed by atoms with Gasteiger partial charge in [-0.15, -0.1) is 0 Å². The molecule has 0 fully saturated rings. The summed E-state index contributed by atoms with van der Waals surface area (Å²) in [5.41, 5.74) is 4.56. The second-order valence-corrected chi connectivity index (χ2v) is 8.33. The van der Waals surface area contributed by atoms with Crippen LogP contribution >= 0.6 is 0 Å². The number of rotatable bonds is 5. The first-order chi connectivity index (χ1) is 13.4. The molecule has 28 heavy (non-hydrogen) atoms. The van der Waals surface area contributed by atoms with Crippen LogP contribution in [0.5, 0.6) is 17.2 Å². The standard InChI is InChI=1S/C23H28NO4/c1-15-7-5-6-8-16(15)11-18(25)13-19-21-17(9-10-24(19,2)3)12-20-22(23(21)26-4)28-14-27-20/h5-8,12,19H,9-11,13-14H2,1-4H3/q+1. The first kappa shape index (κ1) is 18.8. The third kappa shape index (κ3) is 3.24. The summed E-state index contributed by atoms with van der Waals surface area (Å²) in [6.07, 6.45) is 1.87. The molecule has 1 unspecified atom stereocenters. The minimum atomic E-state index is 0.0321. The fourth-order valence-electron chi connectivity index (χ4n) is 4.42. The van der Waals surface area contributed by atoms with E-state index in [1.54, 1.807) is 7.11 Å². The molecule has 4 rings (SSSR count). The van der Waals surface area contributed by atoms with E-state index in [0.29, 0.717) is 18.6 Å². The van der Waals surface area contributed by atoms with Crippen molar-refractivity contribution in [2.75, 3.05) is 34.5 Å². The highest BCUT2D eigenvalue weighted by molar-refractivity contribution is 5.82.